The third kappa shape index (κ3) is 3.66. The first-order valence-electron chi connectivity index (χ1n) is 8.00. The maximum absolute atomic E-state index is 12.4. The Bertz CT molecular complexity index is 1010. The Morgan fingerprint density at radius 2 is 1.79 bits per heavy atom. The average molecular weight is 429 g/mol. The molecule has 0 aliphatic carbocycles. The summed E-state index contributed by atoms with van der Waals surface area (Å²) in [6, 6.07) is -0.0325. The number of phenolic OH excluding ortho intramolecular Hbond substituents is 2. The molecule has 2 heterocycles. The first-order chi connectivity index (χ1) is 13.5. The largest absolute Gasteiger partial charge is 0.504 e. The second-order valence-electron chi connectivity index (χ2n) is 6.04. The molecule has 1 atom stereocenters. The Hall–Kier alpha value is -3.75. The number of rotatable bonds is 4. The van der Waals surface area contributed by atoms with Gasteiger partial charge in [0.25, 0.3) is 5.91 Å². The normalized spacial score (nSPS) is 19.2. The number of carbonyl (C=O) groups excluding carboxylic acids is 3. The summed E-state index contributed by atoms with van der Waals surface area (Å²) >= 11 is 0. The molecule has 5 N–H and O–H groups in total. The molecular weight excluding hydrogens is 414 g/mol. The van der Waals surface area contributed by atoms with Crippen molar-refractivity contribution in [3.8, 4) is 11.5 Å². The molecule has 0 aromatic heterocycles. The van der Waals surface area contributed by atoms with E-state index in [1.165, 1.54) is 6.07 Å². The quantitative estimate of drug-likeness (QED) is 0.287. The maximum Gasteiger partial charge on any atom is 0.405 e. The highest BCUT2D eigenvalue weighted by molar-refractivity contribution is 7.88. The number of urea groups is 2. The van der Waals surface area contributed by atoms with Crippen LogP contribution in [0, 0.1) is 0 Å². The molecule has 1 aromatic carbocycles. The number of carboxylic acid groups (broad SMARTS) is 1. The van der Waals surface area contributed by atoms with Gasteiger partial charge in [0.2, 0.25) is 0 Å². The van der Waals surface area contributed by atoms with E-state index in [0.29, 0.717) is 9.21 Å². The summed E-state index contributed by atoms with van der Waals surface area (Å²) in [6.45, 7) is -0.773. The lowest BCUT2D eigenvalue weighted by Crippen LogP contribution is -2.67. The van der Waals surface area contributed by atoms with Gasteiger partial charge in [-0.15, -0.1) is 0 Å². The van der Waals surface area contributed by atoms with Gasteiger partial charge in [0.05, 0.1) is 13.1 Å². The van der Waals surface area contributed by atoms with Crippen LogP contribution in [0.1, 0.15) is 0 Å². The zero-order chi connectivity index (χ0) is 21.5. The van der Waals surface area contributed by atoms with E-state index in [9.17, 15) is 37.8 Å². The van der Waals surface area contributed by atoms with Gasteiger partial charge in [-0.3, -0.25) is 14.6 Å². The minimum atomic E-state index is -4.65. The van der Waals surface area contributed by atoms with Gasteiger partial charge in [0.1, 0.15) is 6.04 Å². The number of hydrogen-bond acceptors (Lipinski definition) is 8. The molecule has 14 nitrogen and oxygen atoms in total. The van der Waals surface area contributed by atoms with Crippen LogP contribution >= 0.6 is 0 Å². The van der Waals surface area contributed by atoms with E-state index < -0.39 is 51.8 Å². The first kappa shape index (κ1) is 20.0. The van der Waals surface area contributed by atoms with Crippen LogP contribution in [0.3, 0.4) is 0 Å². The Morgan fingerprint density at radius 1 is 1.10 bits per heavy atom. The van der Waals surface area contributed by atoms with E-state index in [2.05, 4.69) is 0 Å². The molecule has 0 saturated carbocycles. The Kier molecular flexibility index (Phi) is 4.83. The van der Waals surface area contributed by atoms with Crippen LogP contribution in [0.25, 0.3) is 0 Å². The summed E-state index contributed by atoms with van der Waals surface area (Å²) < 4.78 is 26.7. The smallest absolute Gasteiger partial charge is 0.405 e. The van der Waals surface area contributed by atoms with E-state index in [-0.39, 0.29) is 25.3 Å². The van der Waals surface area contributed by atoms with Crippen molar-refractivity contribution in [1.29, 1.82) is 0 Å². The fraction of sp³-hybridized carbons (Fsp3) is 0.286. The summed E-state index contributed by atoms with van der Waals surface area (Å²) in [4.78, 5) is 48.1. The second kappa shape index (κ2) is 7.01. The number of carbonyl (C=O) groups is 4. The van der Waals surface area contributed by atoms with Crippen LogP contribution in [0.4, 0.5) is 20.1 Å². The molecular formula is C14H15N5O9S. The monoisotopic (exact) mass is 429 g/mol. The molecule has 0 bridgehead atoms. The van der Waals surface area contributed by atoms with Crippen molar-refractivity contribution in [2.75, 3.05) is 24.5 Å². The van der Waals surface area contributed by atoms with Crippen molar-refractivity contribution in [2.24, 2.45) is 0 Å². The van der Waals surface area contributed by atoms with E-state index in [4.69, 9.17) is 5.11 Å². The molecule has 2 fully saturated rings. The molecule has 0 spiro atoms. The standard InChI is InChI=1S/C14H15N5O9S/c20-9-2-1-7(5-10(9)21)17-3-4-19(14(17)26)29(27,28)16-12(23)18-6-8(11(18)22)15-13(24)25/h1-2,5,8,15,20-21H,3-4,6H2,(H,16,23)(H,24,25). The lowest BCUT2D eigenvalue weighted by atomic mass is 10.1. The van der Waals surface area contributed by atoms with Crippen LogP contribution in [0.2, 0.25) is 0 Å². The van der Waals surface area contributed by atoms with Crippen LogP contribution in [0.5, 0.6) is 11.5 Å². The molecule has 156 valence electrons. The van der Waals surface area contributed by atoms with Crippen LogP contribution in [0.15, 0.2) is 18.2 Å². The van der Waals surface area contributed by atoms with E-state index >= 15 is 0 Å². The number of benzene rings is 1. The highest BCUT2D eigenvalue weighted by atomic mass is 32.2. The third-order valence-electron chi connectivity index (χ3n) is 4.22. The Balaban J connectivity index is 1.66. The molecule has 2 aliphatic rings. The van der Waals surface area contributed by atoms with Crippen molar-refractivity contribution in [1.82, 2.24) is 19.2 Å². The van der Waals surface area contributed by atoms with Gasteiger partial charge in [0, 0.05) is 18.3 Å². The van der Waals surface area contributed by atoms with Crippen molar-refractivity contribution in [3.63, 3.8) is 0 Å². The topological polar surface area (TPSA) is 197 Å². The van der Waals surface area contributed by atoms with Gasteiger partial charge in [-0.2, -0.15) is 8.42 Å². The van der Waals surface area contributed by atoms with Gasteiger partial charge in [-0.1, -0.05) is 0 Å². The molecule has 0 radical (unpaired) electrons. The van der Waals surface area contributed by atoms with Crippen LogP contribution in [-0.2, 0) is 15.0 Å². The van der Waals surface area contributed by atoms with Gasteiger partial charge >= 0.3 is 28.4 Å². The zero-order valence-electron chi connectivity index (χ0n) is 14.5. The molecule has 6 amide bonds. The van der Waals surface area contributed by atoms with Crippen molar-refractivity contribution >= 4 is 40.0 Å². The van der Waals surface area contributed by atoms with E-state index in [1.807, 2.05) is 5.32 Å². The summed E-state index contributed by atoms with van der Waals surface area (Å²) in [5, 5.41) is 29.3. The summed E-state index contributed by atoms with van der Waals surface area (Å²) in [6.07, 6.45) is -1.47. The Morgan fingerprint density at radius 3 is 2.38 bits per heavy atom. The Labute approximate surface area is 163 Å². The van der Waals surface area contributed by atoms with Gasteiger partial charge < -0.3 is 20.6 Å². The number of nitrogens with zero attached hydrogens (tertiary/aromatic N) is 3. The second-order valence-corrected chi connectivity index (χ2v) is 7.64. The summed E-state index contributed by atoms with van der Waals surface area (Å²) in [7, 11) is -4.65. The molecule has 3 rings (SSSR count). The van der Waals surface area contributed by atoms with Crippen LogP contribution < -0.4 is 14.9 Å². The average Bonchev–Trinajstić information content (AvgIpc) is 3.02. The molecule has 1 aromatic rings. The molecule has 1 unspecified atom stereocenters. The van der Waals surface area contributed by atoms with Crippen molar-refractivity contribution in [2.45, 2.75) is 6.04 Å². The zero-order valence-corrected chi connectivity index (χ0v) is 15.3. The maximum atomic E-state index is 12.4. The number of aromatic hydroxyl groups is 2. The van der Waals surface area contributed by atoms with Gasteiger partial charge in [-0.05, 0) is 12.1 Å². The number of likely N-dealkylation sites (tertiary alicyclic amines) is 1. The number of phenols is 2. The minimum absolute atomic E-state index is 0.0919. The number of amides is 6. The molecule has 15 heteroatoms. The minimum Gasteiger partial charge on any atom is -0.504 e. The first-order valence-corrected chi connectivity index (χ1v) is 9.44. The molecule has 29 heavy (non-hydrogen) atoms. The van der Waals surface area contributed by atoms with Gasteiger partial charge in [-0.25, -0.2) is 23.4 Å². The lowest BCUT2D eigenvalue weighted by Gasteiger charge is -2.36. The fourth-order valence-electron chi connectivity index (χ4n) is 2.75. The van der Waals surface area contributed by atoms with Gasteiger partial charge in [0.15, 0.2) is 11.5 Å². The lowest BCUT2D eigenvalue weighted by molar-refractivity contribution is -0.138. The number of β-lactam (4-membered cyclic amide) rings is 1. The van der Waals surface area contributed by atoms with Crippen LogP contribution in [-0.4, -0.2) is 82.7 Å². The SMILES string of the molecule is O=C(O)NC1CN(C(=O)NS(=O)(=O)N2CCN(c3ccc(O)c(O)c3)C2=O)C1=O. The predicted molar refractivity (Wildman–Crippen MR) is 93.3 cm³/mol. The number of hydrogen-bond donors (Lipinski definition) is 5. The number of nitrogens with one attached hydrogen (secondary N) is 2. The third-order valence-corrected chi connectivity index (χ3v) is 5.57. The predicted octanol–water partition coefficient (Wildman–Crippen LogP) is -1.23. The van der Waals surface area contributed by atoms with E-state index in [1.54, 1.807) is 4.72 Å². The number of imide groups is 1. The highest BCUT2D eigenvalue weighted by Gasteiger charge is 2.45. The summed E-state index contributed by atoms with van der Waals surface area (Å²) in [5.41, 5.74) is 0.120. The molecule has 2 saturated heterocycles. The van der Waals surface area contributed by atoms with Crippen molar-refractivity contribution in [3.05, 3.63) is 18.2 Å². The van der Waals surface area contributed by atoms with Crippen molar-refractivity contribution < 1.29 is 42.9 Å². The number of anilines is 1. The fourth-order valence-corrected chi connectivity index (χ4v) is 3.81. The highest BCUT2D eigenvalue weighted by Crippen LogP contribution is 2.31. The summed E-state index contributed by atoms with van der Waals surface area (Å²) in [5.74, 6) is -1.87. The molecule has 2 aliphatic heterocycles. The van der Waals surface area contributed by atoms with E-state index in [0.717, 1.165) is 17.0 Å².